The number of hydrogen-bond acceptors (Lipinski definition) is 9. The van der Waals surface area contributed by atoms with Crippen molar-refractivity contribution in [1.82, 2.24) is 0 Å². The van der Waals surface area contributed by atoms with Crippen molar-refractivity contribution in [3.8, 4) is 0 Å². The lowest BCUT2D eigenvalue weighted by Gasteiger charge is -2.30. The SMILES string of the molecule is C=CC(=O)OCC(CC)(COC(=O)C=C)COC(=O)c1ccc(S(=O)(=O)OC2CCCCC2)cc1. The molecule has 0 atom stereocenters. The molecule has 0 unspecified atom stereocenters. The van der Waals surface area contributed by atoms with Crippen LogP contribution in [0.1, 0.15) is 55.8 Å². The van der Waals surface area contributed by atoms with Crippen LogP contribution in [0.15, 0.2) is 54.5 Å². The third-order valence-corrected chi connectivity index (χ3v) is 7.20. The number of esters is 3. The van der Waals surface area contributed by atoms with Gasteiger partial charge in [-0.05, 0) is 43.5 Å². The van der Waals surface area contributed by atoms with E-state index in [2.05, 4.69) is 13.2 Å². The number of hydrogen-bond donors (Lipinski definition) is 0. The van der Waals surface area contributed by atoms with Crippen molar-refractivity contribution in [2.24, 2.45) is 5.41 Å². The first-order valence-corrected chi connectivity index (χ1v) is 12.8. The van der Waals surface area contributed by atoms with Crippen LogP contribution in [0.4, 0.5) is 0 Å². The molecule has 1 aliphatic rings. The Morgan fingerprint density at radius 2 is 1.43 bits per heavy atom. The lowest BCUT2D eigenvalue weighted by molar-refractivity contribution is -0.150. The largest absolute Gasteiger partial charge is 0.462 e. The van der Waals surface area contributed by atoms with Crippen molar-refractivity contribution in [2.45, 2.75) is 56.4 Å². The molecular formula is C25H32O9S. The molecule has 0 saturated heterocycles. The molecule has 1 saturated carbocycles. The van der Waals surface area contributed by atoms with Crippen LogP contribution in [-0.4, -0.2) is 52.3 Å². The highest BCUT2D eigenvalue weighted by molar-refractivity contribution is 7.86. The predicted octanol–water partition coefficient (Wildman–Crippen LogP) is 3.74. The number of rotatable bonds is 13. The minimum absolute atomic E-state index is 0.0461. The Balaban J connectivity index is 2.06. The van der Waals surface area contributed by atoms with E-state index in [0.717, 1.165) is 31.4 Å². The number of carbonyl (C=O) groups is 3. The van der Waals surface area contributed by atoms with Crippen molar-refractivity contribution < 1.29 is 41.2 Å². The number of benzene rings is 1. The molecule has 0 radical (unpaired) electrons. The molecule has 35 heavy (non-hydrogen) atoms. The molecule has 1 aromatic carbocycles. The predicted molar refractivity (Wildman–Crippen MR) is 127 cm³/mol. The lowest BCUT2D eigenvalue weighted by Crippen LogP contribution is -2.38. The molecule has 0 aromatic heterocycles. The Hall–Kier alpha value is -2.98. The van der Waals surface area contributed by atoms with E-state index >= 15 is 0 Å². The third-order valence-electron chi connectivity index (χ3n) is 5.83. The summed E-state index contributed by atoms with van der Waals surface area (Å²) in [7, 11) is -3.94. The molecule has 0 bridgehead atoms. The maximum atomic E-state index is 12.6. The smallest absolute Gasteiger partial charge is 0.338 e. The molecule has 1 fully saturated rings. The van der Waals surface area contributed by atoms with Crippen molar-refractivity contribution in [2.75, 3.05) is 19.8 Å². The standard InChI is InChI=1S/C25H32O9S/c1-4-22(26)31-16-25(6-3,17-32-23(27)5-2)18-33-24(28)19-12-14-21(15-13-19)35(29,30)34-20-10-8-7-9-11-20/h4-5,12-15,20H,1-2,6-11,16-18H2,3H3. The first-order chi connectivity index (χ1) is 16.6. The Kier molecular flexibility index (Phi) is 10.7. The molecule has 0 aliphatic heterocycles. The first-order valence-electron chi connectivity index (χ1n) is 11.4. The molecular weight excluding hydrogens is 476 g/mol. The summed E-state index contributed by atoms with van der Waals surface area (Å²) in [5.74, 6) is -2.06. The summed E-state index contributed by atoms with van der Waals surface area (Å²) in [4.78, 5) is 35.6. The summed E-state index contributed by atoms with van der Waals surface area (Å²) in [5, 5.41) is 0. The molecule has 192 valence electrons. The first kappa shape index (κ1) is 28.3. The average molecular weight is 509 g/mol. The van der Waals surface area contributed by atoms with Gasteiger partial charge in [-0.1, -0.05) is 39.3 Å². The molecule has 0 amide bonds. The van der Waals surface area contributed by atoms with Gasteiger partial charge in [0.25, 0.3) is 10.1 Å². The molecule has 10 heteroatoms. The Labute approximate surface area is 206 Å². The maximum Gasteiger partial charge on any atom is 0.338 e. The van der Waals surface area contributed by atoms with Crippen molar-refractivity contribution in [3.05, 3.63) is 55.1 Å². The van der Waals surface area contributed by atoms with Gasteiger partial charge < -0.3 is 14.2 Å². The van der Waals surface area contributed by atoms with E-state index in [1.54, 1.807) is 6.92 Å². The molecule has 0 heterocycles. The molecule has 1 aromatic rings. The van der Waals surface area contributed by atoms with E-state index in [1.807, 2.05) is 0 Å². The van der Waals surface area contributed by atoms with Crippen LogP contribution < -0.4 is 0 Å². The van der Waals surface area contributed by atoms with Crippen LogP contribution in [-0.2, 0) is 38.1 Å². The van der Waals surface area contributed by atoms with E-state index < -0.39 is 33.4 Å². The Morgan fingerprint density at radius 3 is 1.91 bits per heavy atom. The van der Waals surface area contributed by atoms with Crippen LogP contribution in [0.5, 0.6) is 0 Å². The number of ether oxygens (including phenoxy) is 3. The van der Waals surface area contributed by atoms with Crippen LogP contribution in [0, 0.1) is 5.41 Å². The zero-order chi connectivity index (χ0) is 25.9. The number of carbonyl (C=O) groups excluding carboxylic acids is 3. The van der Waals surface area contributed by atoms with Gasteiger partial charge in [-0.15, -0.1) is 0 Å². The summed E-state index contributed by atoms with van der Waals surface area (Å²) in [6, 6.07) is 5.25. The van der Waals surface area contributed by atoms with Gasteiger partial charge in [0.05, 0.1) is 22.0 Å². The van der Waals surface area contributed by atoms with Crippen LogP contribution in [0.3, 0.4) is 0 Å². The monoisotopic (exact) mass is 508 g/mol. The van der Waals surface area contributed by atoms with Crippen LogP contribution >= 0.6 is 0 Å². The lowest BCUT2D eigenvalue weighted by atomic mass is 9.88. The van der Waals surface area contributed by atoms with Crippen LogP contribution in [0.25, 0.3) is 0 Å². The van der Waals surface area contributed by atoms with Gasteiger partial charge in [-0.2, -0.15) is 8.42 Å². The summed E-state index contributed by atoms with van der Waals surface area (Å²) >= 11 is 0. The summed E-state index contributed by atoms with van der Waals surface area (Å²) in [5.41, 5.74) is -0.873. The molecule has 2 rings (SSSR count). The second-order valence-corrected chi connectivity index (χ2v) is 9.96. The molecule has 9 nitrogen and oxygen atoms in total. The second-order valence-electron chi connectivity index (χ2n) is 8.39. The normalized spacial score (nSPS) is 14.5. The average Bonchev–Trinajstić information content (AvgIpc) is 2.88. The second kappa shape index (κ2) is 13.2. The highest BCUT2D eigenvalue weighted by Crippen LogP contribution is 2.26. The molecule has 0 N–H and O–H groups in total. The Bertz CT molecular complexity index is 982. The van der Waals surface area contributed by atoms with Gasteiger partial charge in [0.1, 0.15) is 19.8 Å². The van der Waals surface area contributed by atoms with E-state index in [4.69, 9.17) is 18.4 Å². The molecule has 0 spiro atoms. The molecule has 1 aliphatic carbocycles. The van der Waals surface area contributed by atoms with Gasteiger partial charge in [-0.25, -0.2) is 14.4 Å². The van der Waals surface area contributed by atoms with E-state index in [9.17, 15) is 22.8 Å². The fraction of sp³-hybridized carbons (Fsp3) is 0.480. The van der Waals surface area contributed by atoms with Crippen molar-refractivity contribution in [1.29, 1.82) is 0 Å². The van der Waals surface area contributed by atoms with E-state index in [0.29, 0.717) is 19.3 Å². The zero-order valence-electron chi connectivity index (χ0n) is 19.9. The third kappa shape index (κ3) is 8.63. The van der Waals surface area contributed by atoms with Gasteiger partial charge in [0.2, 0.25) is 0 Å². The van der Waals surface area contributed by atoms with Gasteiger partial charge in [-0.3, -0.25) is 4.18 Å². The summed E-state index contributed by atoms with van der Waals surface area (Å²) in [6.45, 7) is 7.86. The summed E-state index contributed by atoms with van der Waals surface area (Å²) < 4.78 is 46.1. The van der Waals surface area contributed by atoms with Gasteiger partial charge >= 0.3 is 17.9 Å². The minimum Gasteiger partial charge on any atom is -0.462 e. The minimum atomic E-state index is -3.94. The maximum absolute atomic E-state index is 12.6. The quantitative estimate of drug-likeness (QED) is 0.170. The van der Waals surface area contributed by atoms with Gasteiger partial charge in [0, 0.05) is 12.2 Å². The fourth-order valence-electron chi connectivity index (χ4n) is 3.45. The summed E-state index contributed by atoms with van der Waals surface area (Å²) in [6.07, 6.45) is 6.36. The highest BCUT2D eigenvalue weighted by atomic mass is 32.2. The zero-order valence-corrected chi connectivity index (χ0v) is 20.7. The van der Waals surface area contributed by atoms with Gasteiger partial charge in [0.15, 0.2) is 0 Å². The fourth-order valence-corrected chi connectivity index (χ4v) is 4.58. The van der Waals surface area contributed by atoms with E-state index in [1.165, 1.54) is 24.3 Å². The topological polar surface area (TPSA) is 122 Å². The highest BCUT2D eigenvalue weighted by Gasteiger charge is 2.34. The van der Waals surface area contributed by atoms with Crippen molar-refractivity contribution >= 4 is 28.0 Å². The Morgan fingerprint density at radius 1 is 0.914 bits per heavy atom. The van der Waals surface area contributed by atoms with Crippen molar-refractivity contribution in [3.63, 3.8) is 0 Å². The van der Waals surface area contributed by atoms with E-state index in [-0.39, 0.29) is 36.4 Å². The van der Waals surface area contributed by atoms with Crippen LogP contribution in [0.2, 0.25) is 0 Å².